The van der Waals surface area contributed by atoms with E-state index in [0.29, 0.717) is 11.3 Å². The lowest BCUT2D eigenvalue weighted by molar-refractivity contribution is -0.384. The van der Waals surface area contributed by atoms with Crippen molar-refractivity contribution in [3.05, 3.63) is 58.3 Å². The molecule has 6 heteroatoms. The van der Waals surface area contributed by atoms with Crippen LogP contribution in [0.3, 0.4) is 0 Å². The molecule has 0 atom stereocenters. The zero-order valence-electron chi connectivity index (χ0n) is 9.11. The molecule has 0 amide bonds. The van der Waals surface area contributed by atoms with Crippen molar-refractivity contribution in [2.75, 3.05) is 0 Å². The number of benzene rings is 1. The molecular weight excluding hydrogens is 236 g/mol. The molecule has 18 heavy (non-hydrogen) atoms. The van der Waals surface area contributed by atoms with Gasteiger partial charge >= 0.3 is 5.97 Å². The quantitative estimate of drug-likeness (QED) is 0.660. The summed E-state index contributed by atoms with van der Waals surface area (Å²) in [6.45, 7) is 0. The van der Waals surface area contributed by atoms with Crippen LogP contribution < -0.4 is 0 Å². The summed E-state index contributed by atoms with van der Waals surface area (Å²) in [7, 11) is 0. The van der Waals surface area contributed by atoms with Crippen LogP contribution in [0.25, 0.3) is 11.3 Å². The number of nitro benzene ring substituents is 1. The van der Waals surface area contributed by atoms with Gasteiger partial charge in [0.1, 0.15) is 0 Å². The van der Waals surface area contributed by atoms with Crippen molar-refractivity contribution in [2.24, 2.45) is 0 Å². The molecule has 0 unspecified atom stereocenters. The predicted octanol–water partition coefficient (Wildman–Crippen LogP) is 2.36. The van der Waals surface area contributed by atoms with Crippen LogP contribution in [0.2, 0.25) is 0 Å². The summed E-state index contributed by atoms with van der Waals surface area (Å²) in [5.41, 5.74) is 0.830. The highest BCUT2D eigenvalue weighted by atomic mass is 16.6. The van der Waals surface area contributed by atoms with E-state index in [2.05, 4.69) is 4.98 Å². The van der Waals surface area contributed by atoms with Crippen LogP contribution in [0.15, 0.2) is 42.6 Å². The van der Waals surface area contributed by atoms with Crippen molar-refractivity contribution < 1.29 is 14.8 Å². The first-order valence-electron chi connectivity index (χ1n) is 5.03. The summed E-state index contributed by atoms with van der Waals surface area (Å²) >= 11 is 0. The minimum atomic E-state index is -1.09. The minimum absolute atomic E-state index is 0.0495. The molecule has 0 aliphatic heterocycles. The maximum Gasteiger partial charge on any atom is 0.337 e. The summed E-state index contributed by atoms with van der Waals surface area (Å²) in [6.07, 6.45) is 1.48. The van der Waals surface area contributed by atoms with Crippen molar-refractivity contribution in [1.29, 1.82) is 0 Å². The Kier molecular flexibility index (Phi) is 3.01. The first-order chi connectivity index (χ1) is 8.59. The van der Waals surface area contributed by atoms with Crippen molar-refractivity contribution in [3.63, 3.8) is 0 Å². The van der Waals surface area contributed by atoms with E-state index in [1.165, 1.54) is 42.6 Å². The van der Waals surface area contributed by atoms with E-state index in [1.54, 1.807) is 0 Å². The van der Waals surface area contributed by atoms with Crippen molar-refractivity contribution in [2.45, 2.75) is 0 Å². The number of hydrogen-bond acceptors (Lipinski definition) is 4. The van der Waals surface area contributed by atoms with Gasteiger partial charge in [0.15, 0.2) is 0 Å². The van der Waals surface area contributed by atoms with Gasteiger partial charge in [0.2, 0.25) is 0 Å². The molecule has 0 saturated carbocycles. The molecule has 6 nitrogen and oxygen atoms in total. The molecule has 0 bridgehead atoms. The summed E-state index contributed by atoms with van der Waals surface area (Å²) in [4.78, 5) is 25.0. The standard InChI is InChI=1S/C12H8N2O4/c15-12(16)10-2-1-7-13-11(10)8-3-5-9(6-4-8)14(17)18/h1-7H,(H,15,16). The first kappa shape index (κ1) is 11.7. The third kappa shape index (κ3) is 2.17. The molecule has 0 fully saturated rings. The van der Waals surface area contributed by atoms with Gasteiger partial charge in [0.05, 0.1) is 16.2 Å². The molecule has 1 heterocycles. The number of aromatic nitrogens is 1. The van der Waals surface area contributed by atoms with Crippen LogP contribution in [0, 0.1) is 10.1 Å². The Morgan fingerprint density at radius 2 is 1.89 bits per heavy atom. The molecule has 1 N–H and O–H groups in total. The van der Waals surface area contributed by atoms with E-state index >= 15 is 0 Å². The number of nitro groups is 1. The second-order valence-electron chi connectivity index (χ2n) is 3.51. The molecule has 0 radical (unpaired) electrons. The highest BCUT2D eigenvalue weighted by Gasteiger charge is 2.13. The average molecular weight is 244 g/mol. The van der Waals surface area contributed by atoms with Crippen LogP contribution >= 0.6 is 0 Å². The SMILES string of the molecule is O=C(O)c1cccnc1-c1ccc([N+](=O)[O-])cc1. The molecular formula is C12H8N2O4. The van der Waals surface area contributed by atoms with Crippen molar-refractivity contribution in [3.8, 4) is 11.3 Å². The van der Waals surface area contributed by atoms with Crippen LogP contribution in [-0.2, 0) is 0 Å². The minimum Gasteiger partial charge on any atom is -0.478 e. The maximum absolute atomic E-state index is 11.0. The average Bonchev–Trinajstić information content (AvgIpc) is 2.39. The number of non-ortho nitro benzene ring substituents is 1. The monoisotopic (exact) mass is 244 g/mol. The Labute approximate surface area is 102 Å². The summed E-state index contributed by atoms with van der Waals surface area (Å²) in [6, 6.07) is 8.55. The van der Waals surface area contributed by atoms with Gasteiger partial charge in [-0.3, -0.25) is 15.1 Å². The Hall–Kier alpha value is -2.76. The Morgan fingerprint density at radius 3 is 2.44 bits per heavy atom. The second kappa shape index (κ2) is 4.62. The topological polar surface area (TPSA) is 93.3 Å². The van der Waals surface area contributed by atoms with Crippen molar-refractivity contribution >= 4 is 11.7 Å². The Morgan fingerprint density at radius 1 is 1.22 bits per heavy atom. The van der Waals surface area contributed by atoms with Gasteiger partial charge in [-0.2, -0.15) is 0 Å². The first-order valence-corrected chi connectivity index (χ1v) is 5.03. The van der Waals surface area contributed by atoms with E-state index in [9.17, 15) is 14.9 Å². The summed E-state index contributed by atoms with van der Waals surface area (Å²) in [5, 5.41) is 19.5. The lowest BCUT2D eigenvalue weighted by Gasteiger charge is -2.04. The number of nitrogens with zero attached hydrogens (tertiary/aromatic N) is 2. The van der Waals surface area contributed by atoms with E-state index in [0.717, 1.165) is 0 Å². The number of aromatic carboxylic acids is 1. The fourth-order valence-electron chi connectivity index (χ4n) is 1.55. The zero-order chi connectivity index (χ0) is 13.1. The number of hydrogen-bond donors (Lipinski definition) is 1. The Balaban J connectivity index is 2.49. The van der Waals surface area contributed by atoms with E-state index in [-0.39, 0.29) is 11.3 Å². The number of carboxylic acid groups (broad SMARTS) is 1. The molecule has 2 aromatic rings. The summed E-state index contributed by atoms with van der Waals surface area (Å²) < 4.78 is 0. The van der Waals surface area contributed by atoms with Crippen molar-refractivity contribution in [1.82, 2.24) is 4.98 Å². The lowest BCUT2D eigenvalue weighted by atomic mass is 10.1. The smallest absolute Gasteiger partial charge is 0.337 e. The molecule has 0 saturated heterocycles. The highest BCUT2D eigenvalue weighted by molar-refractivity contribution is 5.94. The van der Waals surface area contributed by atoms with Crippen LogP contribution in [0.5, 0.6) is 0 Å². The van der Waals surface area contributed by atoms with Gasteiger partial charge in [-0.1, -0.05) is 0 Å². The maximum atomic E-state index is 11.0. The van der Waals surface area contributed by atoms with E-state index in [4.69, 9.17) is 5.11 Å². The highest BCUT2D eigenvalue weighted by Crippen LogP contribution is 2.23. The molecule has 90 valence electrons. The molecule has 0 spiro atoms. The number of carbonyl (C=O) groups is 1. The van der Waals surface area contributed by atoms with E-state index in [1.807, 2.05) is 0 Å². The van der Waals surface area contributed by atoms with Gasteiger partial charge in [-0.15, -0.1) is 0 Å². The van der Waals surface area contributed by atoms with Crippen LogP contribution in [0.1, 0.15) is 10.4 Å². The largest absolute Gasteiger partial charge is 0.478 e. The van der Waals surface area contributed by atoms with E-state index < -0.39 is 10.9 Å². The molecule has 2 rings (SSSR count). The van der Waals surface area contributed by atoms with Crippen LogP contribution in [0.4, 0.5) is 5.69 Å². The third-order valence-corrected chi connectivity index (χ3v) is 2.39. The number of pyridine rings is 1. The van der Waals surface area contributed by atoms with Gasteiger partial charge < -0.3 is 5.11 Å². The van der Waals surface area contributed by atoms with Gasteiger partial charge in [0.25, 0.3) is 5.69 Å². The fourth-order valence-corrected chi connectivity index (χ4v) is 1.55. The third-order valence-electron chi connectivity index (χ3n) is 2.39. The number of rotatable bonds is 3. The van der Waals surface area contributed by atoms with Gasteiger partial charge in [-0.25, -0.2) is 4.79 Å². The zero-order valence-corrected chi connectivity index (χ0v) is 9.11. The van der Waals surface area contributed by atoms with Gasteiger partial charge in [0, 0.05) is 23.9 Å². The predicted molar refractivity (Wildman–Crippen MR) is 63.3 cm³/mol. The van der Waals surface area contributed by atoms with Gasteiger partial charge in [-0.05, 0) is 24.3 Å². The fraction of sp³-hybridized carbons (Fsp3) is 0. The number of carboxylic acids is 1. The summed E-state index contributed by atoms with van der Waals surface area (Å²) in [5.74, 6) is -1.09. The second-order valence-corrected chi connectivity index (χ2v) is 3.51. The van der Waals surface area contributed by atoms with Crippen LogP contribution in [-0.4, -0.2) is 21.0 Å². The molecule has 1 aromatic heterocycles. The molecule has 0 aliphatic carbocycles. The Bertz CT molecular complexity index is 608. The molecule has 1 aromatic carbocycles. The normalized spacial score (nSPS) is 10.0. The molecule has 0 aliphatic rings. The lowest BCUT2D eigenvalue weighted by Crippen LogP contribution is -2.01.